The van der Waals surface area contributed by atoms with Crippen LogP contribution in [0.25, 0.3) is 10.8 Å². The number of fused-ring (bicyclic) bond motifs is 1. The molecule has 0 bridgehead atoms. The third-order valence-electron chi connectivity index (χ3n) is 5.34. The highest BCUT2D eigenvalue weighted by atomic mass is 19.1. The van der Waals surface area contributed by atoms with Gasteiger partial charge in [0, 0.05) is 42.4 Å². The Morgan fingerprint density at radius 1 is 1.21 bits per heavy atom. The van der Waals surface area contributed by atoms with E-state index in [9.17, 15) is 9.18 Å². The first-order valence-electron chi connectivity index (χ1n) is 9.88. The number of carbonyl (C=O) groups excluding carboxylic acids is 1. The molecule has 0 radical (unpaired) electrons. The second kappa shape index (κ2) is 8.57. The van der Waals surface area contributed by atoms with E-state index in [4.69, 9.17) is 4.74 Å². The molecule has 3 aromatic rings. The first-order valence-corrected chi connectivity index (χ1v) is 9.88. The number of nitrogens with zero attached hydrogens (tertiary/aromatic N) is 1. The molecule has 6 heteroatoms. The van der Waals surface area contributed by atoms with Gasteiger partial charge in [0.25, 0.3) is 5.91 Å². The van der Waals surface area contributed by atoms with Crippen molar-refractivity contribution in [1.29, 1.82) is 0 Å². The number of amides is 1. The van der Waals surface area contributed by atoms with Gasteiger partial charge in [-0.25, -0.2) is 9.37 Å². The number of rotatable bonds is 5. The number of aryl methyl sites for hydroxylation is 1. The summed E-state index contributed by atoms with van der Waals surface area (Å²) in [6.07, 6.45) is 3.53. The van der Waals surface area contributed by atoms with Crippen LogP contribution in [0.1, 0.15) is 28.8 Å². The summed E-state index contributed by atoms with van der Waals surface area (Å²) in [6.45, 7) is 4.12. The number of anilines is 2. The van der Waals surface area contributed by atoms with Crippen molar-refractivity contribution < 1.29 is 13.9 Å². The van der Waals surface area contributed by atoms with Crippen LogP contribution < -0.4 is 10.6 Å². The number of benzene rings is 2. The molecule has 2 aromatic carbocycles. The standard InChI is InChI=1S/C23H24FN3O2/c1-15-4-2-7-19-21(15)20(23(28)26-13-16-8-10-29-11-9-16)14-25-22(19)27-18-6-3-5-17(24)12-18/h2-7,12,14,16H,8-11,13H2,1H3,(H,25,27)(H,26,28). The van der Waals surface area contributed by atoms with Crippen molar-refractivity contribution in [2.45, 2.75) is 19.8 Å². The van der Waals surface area contributed by atoms with Gasteiger partial charge in [0.15, 0.2) is 0 Å². The van der Waals surface area contributed by atoms with E-state index in [-0.39, 0.29) is 11.7 Å². The Hall–Kier alpha value is -2.99. The molecule has 1 saturated heterocycles. The molecule has 150 valence electrons. The van der Waals surface area contributed by atoms with Crippen LogP contribution in [0.15, 0.2) is 48.7 Å². The lowest BCUT2D eigenvalue weighted by molar-refractivity contribution is 0.0643. The van der Waals surface area contributed by atoms with Crippen molar-refractivity contribution in [3.8, 4) is 0 Å². The van der Waals surface area contributed by atoms with Crippen LogP contribution in [0.2, 0.25) is 0 Å². The molecule has 29 heavy (non-hydrogen) atoms. The van der Waals surface area contributed by atoms with Crippen LogP contribution in [-0.4, -0.2) is 30.6 Å². The summed E-state index contributed by atoms with van der Waals surface area (Å²) >= 11 is 0. The molecule has 1 aliphatic heterocycles. The Labute approximate surface area is 169 Å². The zero-order valence-corrected chi connectivity index (χ0v) is 16.4. The molecule has 2 heterocycles. The maximum Gasteiger partial charge on any atom is 0.253 e. The lowest BCUT2D eigenvalue weighted by atomic mass is 9.99. The lowest BCUT2D eigenvalue weighted by Crippen LogP contribution is -2.32. The molecule has 1 aliphatic rings. The molecule has 0 aliphatic carbocycles. The fourth-order valence-corrected chi connectivity index (χ4v) is 3.74. The van der Waals surface area contributed by atoms with Gasteiger partial charge in [0.05, 0.1) is 5.56 Å². The minimum Gasteiger partial charge on any atom is -0.381 e. The van der Waals surface area contributed by atoms with Gasteiger partial charge in [-0.3, -0.25) is 4.79 Å². The smallest absolute Gasteiger partial charge is 0.253 e. The molecule has 1 aromatic heterocycles. The summed E-state index contributed by atoms with van der Waals surface area (Å²) in [6, 6.07) is 12.1. The number of halogens is 1. The van der Waals surface area contributed by atoms with Gasteiger partial charge in [0.1, 0.15) is 11.6 Å². The van der Waals surface area contributed by atoms with E-state index in [0.717, 1.165) is 42.4 Å². The summed E-state index contributed by atoms with van der Waals surface area (Å²) in [4.78, 5) is 17.4. The number of nitrogens with one attached hydrogen (secondary N) is 2. The van der Waals surface area contributed by atoms with Crippen LogP contribution in [0.4, 0.5) is 15.9 Å². The zero-order valence-electron chi connectivity index (χ0n) is 16.4. The number of ether oxygens (including phenoxy) is 1. The quantitative estimate of drug-likeness (QED) is 0.666. The minimum absolute atomic E-state index is 0.124. The van der Waals surface area contributed by atoms with Gasteiger partial charge in [0.2, 0.25) is 0 Å². The van der Waals surface area contributed by atoms with Crippen LogP contribution in [-0.2, 0) is 4.74 Å². The first-order chi connectivity index (χ1) is 14.1. The van der Waals surface area contributed by atoms with Gasteiger partial charge >= 0.3 is 0 Å². The molecule has 0 atom stereocenters. The number of hydrogen-bond donors (Lipinski definition) is 2. The number of pyridine rings is 1. The SMILES string of the molecule is Cc1cccc2c(Nc3cccc(F)c3)ncc(C(=O)NCC3CCOCC3)c12. The Morgan fingerprint density at radius 2 is 2.00 bits per heavy atom. The summed E-state index contributed by atoms with van der Waals surface area (Å²) in [5.74, 6) is 0.595. The van der Waals surface area contributed by atoms with Crippen molar-refractivity contribution >= 4 is 28.2 Å². The normalized spacial score (nSPS) is 14.7. The summed E-state index contributed by atoms with van der Waals surface area (Å²) < 4.78 is 18.9. The Bertz CT molecular complexity index is 1030. The molecular weight excluding hydrogens is 369 g/mol. The second-order valence-corrected chi connectivity index (χ2v) is 7.42. The predicted octanol–water partition coefficient (Wildman–Crippen LogP) is 4.58. The fourth-order valence-electron chi connectivity index (χ4n) is 3.74. The lowest BCUT2D eigenvalue weighted by Gasteiger charge is -2.22. The average molecular weight is 393 g/mol. The number of carbonyl (C=O) groups is 1. The highest BCUT2D eigenvalue weighted by molar-refractivity contribution is 6.10. The first kappa shape index (κ1) is 19.3. The molecule has 1 fully saturated rings. The summed E-state index contributed by atoms with van der Waals surface area (Å²) in [5.41, 5.74) is 2.15. The molecule has 0 spiro atoms. The van der Waals surface area contributed by atoms with Crippen molar-refractivity contribution in [3.05, 3.63) is 65.6 Å². The topological polar surface area (TPSA) is 63.2 Å². The van der Waals surface area contributed by atoms with Gasteiger partial charge < -0.3 is 15.4 Å². The summed E-state index contributed by atoms with van der Waals surface area (Å²) in [5, 5.41) is 7.91. The van der Waals surface area contributed by atoms with Crippen molar-refractivity contribution in [2.24, 2.45) is 5.92 Å². The van der Waals surface area contributed by atoms with E-state index < -0.39 is 0 Å². The third kappa shape index (κ3) is 4.38. The van der Waals surface area contributed by atoms with Gasteiger partial charge in [-0.2, -0.15) is 0 Å². The molecule has 2 N–H and O–H groups in total. The maximum absolute atomic E-state index is 13.5. The van der Waals surface area contributed by atoms with Crippen molar-refractivity contribution in [3.63, 3.8) is 0 Å². The Kier molecular flexibility index (Phi) is 5.71. The molecule has 4 rings (SSSR count). The molecule has 5 nitrogen and oxygen atoms in total. The third-order valence-corrected chi connectivity index (χ3v) is 5.34. The average Bonchev–Trinajstić information content (AvgIpc) is 2.73. The zero-order chi connectivity index (χ0) is 20.2. The van der Waals surface area contributed by atoms with E-state index in [0.29, 0.717) is 29.5 Å². The van der Waals surface area contributed by atoms with Crippen LogP contribution in [0.5, 0.6) is 0 Å². The van der Waals surface area contributed by atoms with E-state index in [1.807, 2.05) is 25.1 Å². The monoisotopic (exact) mass is 393 g/mol. The van der Waals surface area contributed by atoms with Crippen LogP contribution >= 0.6 is 0 Å². The maximum atomic E-state index is 13.5. The minimum atomic E-state index is -0.320. The largest absolute Gasteiger partial charge is 0.381 e. The van der Waals surface area contributed by atoms with Gasteiger partial charge in [-0.05, 0) is 49.4 Å². The number of aromatic nitrogens is 1. The Balaban J connectivity index is 1.62. The van der Waals surface area contributed by atoms with Crippen LogP contribution in [0, 0.1) is 18.7 Å². The Morgan fingerprint density at radius 3 is 2.79 bits per heavy atom. The van der Waals surface area contributed by atoms with E-state index in [1.165, 1.54) is 12.1 Å². The second-order valence-electron chi connectivity index (χ2n) is 7.42. The molecular formula is C23H24FN3O2. The highest BCUT2D eigenvalue weighted by Crippen LogP contribution is 2.29. The van der Waals surface area contributed by atoms with Crippen molar-refractivity contribution in [2.75, 3.05) is 25.1 Å². The van der Waals surface area contributed by atoms with Crippen LogP contribution in [0.3, 0.4) is 0 Å². The fraction of sp³-hybridized carbons (Fsp3) is 0.304. The highest BCUT2D eigenvalue weighted by Gasteiger charge is 2.18. The molecule has 0 saturated carbocycles. The van der Waals surface area contributed by atoms with E-state index in [2.05, 4.69) is 15.6 Å². The molecule has 1 amide bonds. The number of hydrogen-bond acceptors (Lipinski definition) is 4. The molecule has 0 unspecified atom stereocenters. The van der Waals surface area contributed by atoms with E-state index in [1.54, 1.807) is 18.3 Å². The van der Waals surface area contributed by atoms with Crippen molar-refractivity contribution in [1.82, 2.24) is 10.3 Å². The summed E-state index contributed by atoms with van der Waals surface area (Å²) in [7, 11) is 0. The van der Waals surface area contributed by atoms with Gasteiger partial charge in [-0.1, -0.05) is 24.3 Å². The van der Waals surface area contributed by atoms with E-state index >= 15 is 0 Å². The van der Waals surface area contributed by atoms with Gasteiger partial charge in [-0.15, -0.1) is 0 Å². The predicted molar refractivity (Wildman–Crippen MR) is 112 cm³/mol.